The third-order valence-electron chi connectivity index (χ3n) is 5.16. The highest BCUT2D eigenvalue weighted by atomic mass is 16.3. The highest BCUT2D eigenvalue weighted by Crippen LogP contribution is 2.28. The zero-order chi connectivity index (χ0) is 23.0. The lowest BCUT2D eigenvalue weighted by Gasteiger charge is -2.07. The molecule has 0 aliphatic carbocycles. The van der Waals surface area contributed by atoms with Gasteiger partial charge in [-0.15, -0.1) is 0 Å². The van der Waals surface area contributed by atoms with Crippen LogP contribution in [0, 0.1) is 13.8 Å². The first kappa shape index (κ1) is 24.3. The van der Waals surface area contributed by atoms with Gasteiger partial charge in [-0.25, -0.2) is 0 Å². The number of aryl methyl sites for hydroxylation is 2. The van der Waals surface area contributed by atoms with Crippen molar-refractivity contribution in [2.45, 2.75) is 66.7 Å². The van der Waals surface area contributed by atoms with Crippen molar-refractivity contribution in [3.8, 4) is 11.5 Å². The van der Waals surface area contributed by atoms with E-state index in [1.165, 1.54) is 11.6 Å². The van der Waals surface area contributed by atoms with E-state index >= 15 is 0 Å². The van der Waals surface area contributed by atoms with Crippen LogP contribution >= 0.6 is 0 Å². The standard InChI is InChI=1S/C27H34O4/c1-18(7-6-8-19(2)13-26-14-21(4)17-31-26)11-24(28)12-20(3)9-10-23-16-25(29)15-22(5)27(23)30/h8-9,11,14-17,29-30H,6-7,10,12-13H2,1-5H3/b18-11+,19-8+,20-9+. The molecular weight excluding hydrogens is 388 g/mol. The molecule has 1 aromatic heterocycles. The minimum Gasteiger partial charge on any atom is -0.508 e. The summed E-state index contributed by atoms with van der Waals surface area (Å²) in [5.74, 6) is 1.38. The molecule has 0 fully saturated rings. The first-order chi connectivity index (χ1) is 14.6. The zero-order valence-electron chi connectivity index (χ0n) is 19.3. The molecule has 1 aromatic carbocycles. The molecule has 166 valence electrons. The van der Waals surface area contributed by atoms with Crippen molar-refractivity contribution < 1.29 is 19.4 Å². The predicted octanol–water partition coefficient (Wildman–Crippen LogP) is 6.67. The van der Waals surface area contributed by atoms with E-state index in [-0.39, 0.29) is 17.3 Å². The lowest BCUT2D eigenvalue weighted by molar-refractivity contribution is -0.114. The third kappa shape index (κ3) is 8.33. The van der Waals surface area contributed by atoms with Gasteiger partial charge in [-0.1, -0.05) is 28.9 Å². The Morgan fingerprint density at radius 2 is 1.74 bits per heavy atom. The first-order valence-corrected chi connectivity index (χ1v) is 10.7. The van der Waals surface area contributed by atoms with Crippen molar-refractivity contribution in [2.75, 3.05) is 0 Å². The van der Waals surface area contributed by atoms with Crippen LogP contribution in [0.1, 0.15) is 62.5 Å². The number of rotatable bonds is 10. The van der Waals surface area contributed by atoms with Crippen molar-refractivity contribution in [1.29, 1.82) is 0 Å². The van der Waals surface area contributed by atoms with Crippen molar-refractivity contribution in [3.05, 3.63) is 81.9 Å². The summed E-state index contributed by atoms with van der Waals surface area (Å²) in [6.45, 7) is 9.77. The van der Waals surface area contributed by atoms with Gasteiger partial charge in [0.1, 0.15) is 17.3 Å². The molecule has 4 nitrogen and oxygen atoms in total. The SMILES string of the molecule is C/C(=C\C(=O)C/C(C)=C/Cc1cc(O)cc(C)c1O)CC/C=C(\C)Cc1cc(C)co1. The van der Waals surface area contributed by atoms with E-state index in [0.717, 1.165) is 41.7 Å². The fourth-order valence-corrected chi connectivity index (χ4v) is 3.49. The van der Waals surface area contributed by atoms with Crippen LogP contribution in [0.15, 0.2) is 63.8 Å². The van der Waals surface area contributed by atoms with E-state index in [4.69, 9.17) is 4.42 Å². The maximum Gasteiger partial charge on any atom is 0.159 e. The number of phenolic OH excluding ortho intramolecular Hbond substituents is 2. The number of hydrogen-bond donors (Lipinski definition) is 2. The number of phenols is 2. The summed E-state index contributed by atoms with van der Waals surface area (Å²) in [5, 5.41) is 19.8. The molecular formula is C27H34O4. The number of allylic oxidation sites excluding steroid dienone is 6. The van der Waals surface area contributed by atoms with Gasteiger partial charge in [-0.2, -0.15) is 0 Å². The molecule has 2 N–H and O–H groups in total. The smallest absolute Gasteiger partial charge is 0.159 e. The first-order valence-electron chi connectivity index (χ1n) is 10.7. The molecule has 0 aliphatic rings. The molecule has 0 spiro atoms. The molecule has 2 aromatic rings. The minimum absolute atomic E-state index is 0.0781. The van der Waals surface area contributed by atoms with E-state index in [9.17, 15) is 15.0 Å². The lowest BCUT2D eigenvalue weighted by Crippen LogP contribution is -1.96. The highest BCUT2D eigenvalue weighted by molar-refractivity contribution is 5.91. The molecule has 31 heavy (non-hydrogen) atoms. The van der Waals surface area contributed by atoms with Gasteiger partial charge in [0.2, 0.25) is 0 Å². The Morgan fingerprint density at radius 3 is 2.42 bits per heavy atom. The second-order valence-electron chi connectivity index (χ2n) is 8.52. The van der Waals surface area contributed by atoms with Crippen molar-refractivity contribution in [3.63, 3.8) is 0 Å². The zero-order valence-corrected chi connectivity index (χ0v) is 19.3. The Kier molecular flexibility index (Phi) is 8.92. The van der Waals surface area contributed by atoms with Crippen molar-refractivity contribution in [2.24, 2.45) is 0 Å². The normalized spacial score (nSPS) is 13.0. The van der Waals surface area contributed by atoms with Crippen molar-refractivity contribution in [1.82, 2.24) is 0 Å². The Morgan fingerprint density at radius 1 is 1.00 bits per heavy atom. The molecule has 0 amide bonds. The van der Waals surface area contributed by atoms with Gasteiger partial charge in [0.05, 0.1) is 6.26 Å². The summed E-state index contributed by atoms with van der Waals surface area (Å²) in [4.78, 5) is 12.4. The molecule has 1 heterocycles. The predicted molar refractivity (Wildman–Crippen MR) is 125 cm³/mol. The summed E-state index contributed by atoms with van der Waals surface area (Å²) in [6, 6.07) is 5.14. The topological polar surface area (TPSA) is 70.7 Å². The molecule has 4 heteroatoms. The summed E-state index contributed by atoms with van der Waals surface area (Å²) < 4.78 is 5.49. The van der Waals surface area contributed by atoms with Gasteiger partial charge >= 0.3 is 0 Å². The fraction of sp³-hybridized carbons (Fsp3) is 0.370. The molecule has 0 atom stereocenters. The number of furan rings is 1. The van der Waals surface area contributed by atoms with Crippen LogP contribution in [0.3, 0.4) is 0 Å². The number of ketones is 1. The Balaban J connectivity index is 1.83. The second kappa shape index (κ2) is 11.4. The van der Waals surface area contributed by atoms with Crippen LogP contribution in [0.4, 0.5) is 0 Å². The van der Waals surface area contributed by atoms with Crippen LogP contribution in [0.25, 0.3) is 0 Å². The molecule has 0 aliphatic heterocycles. The molecule has 0 saturated heterocycles. The number of carbonyl (C=O) groups is 1. The largest absolute Gasteiger partial charge is 0.508 e. The van der Waals surface area contributed by atoms with Gasteiger partial charge in [0.15, 0.2) is 5.78 Å². The monoisotopic (exact) mass is 422 g/mol. The number of benzene rings is 1. The van der Waals surface area contributed by atoms with E-state index in [0.29, 0.717) is 24.0 Å². The summed E-state index contributed by atoms with van der Waals surface area (Å²) in [7, 11) is 0. The molecule has 0 unspecified atom stereocenters. The van der Waals surface area contributed by atoms with Crippen LogP contribution in [0.2, 0.25) is 0 Å². The average molecular weight is 423 g/mol. The Labute approximate surface area is 185 Å². The number of carbonyl (C=O) groups excluding carboxylic acids is 1. The minimum atomic E-state index is 0.0781. The average Bonchev–Trinajstić information content (AvgIpc) is 3.07. The van der Waals surface area contributed by atoms with E-state index in [1.54, 1.807) is 25.3 Å². The molecule has 0 radical (unpaired) electrons. The molecule has 2 rings (SSSR count). The maximum absolute atomic E-state index is 12.4. The van der Waals surface area contributed by atoms with Crippen LogP contribution < -0.4 is 0 Å². The van der Waals surface area contributed by atoms with Gasteiger partial charge in [-0.05, 0) is 89.3 Å². The van der Waals surface area contributed by atoms with Gasteiger partial charge in [-0.3, -0.25) is 4.79 Å². The summed E-state index contributed by atoms with van der Waals surface area (Å²) in [5.41, 5.74) is 5.70. The third-order valence-corrected chi connectivity index (χ3v) is 5.16. The quantitative estimate of drug-likeness (QED) is 0.255. The second-order valence-corrected chi connectivity index (χ2v) is 8.52. The van der Waals surface area contributed by atoms with Crippen molar-refractivity contribution >= 4 is 5.78 Å². The van der Waals surface area contributed by atoms with Gasteiger partial charge < -0.3 is 14.6 Å². The van der Waals surface area contributed by atoms with Crippen LogP contribution in [-0.4, -0.2) is 16.0 Å². The molecule has 0 saturated carbocycles. The van der Waals surface area contributed by atoms with Gasteiger partial charge in [0, 0.05) is 18.4 Å². The van der Waals surface area contributed by atoms with Gasteiger partial charge in [0.25, 0.3) is 0 Å². The van der Waals surface area contributed by atoms with Crippen LogP contribution in [0.5, 0.6) is 11.5 Å². The van der Waals surface area contributed by atoms with E-state index < -0.39 is 0 Å². The number of hydrogen-bond acceptors (Lipinski definition) is 4. The fourth-order valence-electron chi connectivity index (χ4n) is 3.49. The maximum atomic E-state index is 12.4. The van der Waals surface area contributed by atoms with E-state index in [2.05, 4.69) is 19.1 Å². The summed E-state index contributed by atoms with van der Waals surface area (Å²) in [6.07, 6.45) is 11.0. The summed E-state index contributed by atoms with van der Waals surface area (Å²) >= 11 is 0. The Bertz CT molecular complexity index is 1000. The Hall–Kier alpha value is -3.01. The van der Waals surface area contributed by atoms with E-state index in [1.807, 2.05) is 26.8 Å². The number of aromatic hydroxyl groups is 2. The van der Waals surface area contributed by atoms with Crippen LogP contribution in [-0.2, 0) is 17.6 Å². The highest BCUT2D eigenvalue weighted by Gasteiger charge is 2.07. The molecule has 0 bridgehead atoms. The lowest BCUT2D eigenvalue weighted by atomic mass is 10.0.